The van der Waals surface area contributed by atoms with Gasteiger partial charge in [-0.05, 0) is 49.9 Å². The highest BCUT2D eigenvalue weighted by atomic mass is 19.4. The van der Waals surface area contributed by atoms with Crippen molar-refractivity contribution in [3.05, 3.63) is 29.8 Å². The average Bonchev–Trinajstić information content (AvgIpc) is 2.57. The van der Waals surface area contributed by atoms with Crippen molar-refractivity contribution in [1.82, 2.24) is 0 Å². The summed E-state index contributed by atoms with van der Waals surface area (Å²) in [6.07, 6.45) is 1.78. The number of rotatable bonds is 2. The van der Waals surface area contributed by atoms with E-state index in [1.54, 1.807) is 12.1 Å². The lowest BCUT2D eigenvalue weighted by atomic mass is 9.59. The second-order valence-electron chi connectivity index (χ2n) is 8.02. The molecule has 0 radical (unpaired) electrons. The molecule has 3 nitrogen and oxygen atoms in total. The molecule has 0 amide bonds. The quantitative estimate of drug-likeness (QED) is 0.846. The van der Waals surface area contributed by atoms with Gasteiger partial charge in [-0.1, -0.05) is 19.8 Å². The predicted octanol–water partition coefficient (Wildman–Crippen LogP) is 3.91. The zero-order chi connectivity index (χ0) is 18.3. The molecule has 4 N–H and O–H groups in total. The molecule has 6 heteroatoms. The molecule has 1 aliphatic heterocycles. The van der Waals surface area contributed by atoms with E-state index in [4.69, 9.17) is 11.5 Å². The van der Waals surface area contributed by atoms with Crippen LogP contribution in [0.1, 0.15) is 51.0 Å². The van der Waals surface area contributed by atoms with Crippen molar-refractivity contribution in [2.45, 2.75) is 63.2 Å². The first-order valence-electron chi connectivity index (χ1n) is 9.12. The minimum absolute atomic E-state index is 0.0150. The maximum atomic E-state index is 12.8. The smallest absolute Gasteiger partial charge is 0.371 e. The summed E-state index contributed by atoms with van der Waals surface area (Å²) in [5.41, 5.74) is 12.9. The molecule has 1 aliphatic carbocycles. The van der Waals surface area contributed by atoms with Crippen LogP contribution in [0.2, 0.25) is 0 Å². The van der Waals surface area contributed by atoms with Gasteiger partial charge in [0.05, 0.1) is 5.56 Å². The largest absolute Gasteiger partial charge is 0.416 e. The summed E-state index contributed by atoms with van der Waals surface area (Å²) >= 11 is 0. The SMILES string of the molecule is C[C@]1(C2(N)CCCCC2N)CCCN(c2ccc(C(F)(F)F)cc2)C1. The third-order valence-electron chi connectivity index (χ3n) is 6.40. The van der Waals surface area contributed by atoms with Crippen molar-refractivity contribution in [3.63, 3.8) is 0 Å². The molecule has 2 aliphatic rings. The van der Waals surface area contributed by atoms with Crippen molar-refractivity contribution in [2.24, 2.45) is 16.9 Å². The zero-order valence-corrected chi connectivity index (χ0v) is 14.8. The summed E-state index contributed by atoms with van der Waals surface area (Å²) in [5, 5.41) is 0. The van der Waals surface area contributed by atoms with Crippen molar-refractivity contribution in [2.75, 3.05) is 18.0 Å². The van der Waals surface area contributed by atoms with E-state index < -0.39 is 17.3 Å². The molecule has 1 saturated carbocycles. The number of nitrogens with two attached hydrogens (primary N) is 2. The van der Waals surface area contributed by atoms with Gasteiger partial charge in [0.25, 0.3) is 0 Å². The van der Waals surface area contributed by atoms with Crippen LogP contribution in [0.4, 0.5) is 18.9 Å². The number of anilines is 1. The summed E-state index contributed by atoms with van der Waals surface area (Å²) in [5.74, 6) is 0. The molecule has 3 rings (SSSR count). The summed E-state index contributed by atoms with van der Waals surface area (Å²) < 4.78 is 38.3. The zero-order valence-electron chi connectivity index (χ0n) is 14.8. The third-order valence-corrected chi connectivity index (χ3v) is 6.40. The van der Waals surface area contributed by atoms with E-state index in [2.05, 4.69) is 11.8 Å². The highest BCUT2D eigenvalue weighted by molar-refractivity contribution is 5.49. The van der Waals surface area contributed by atoms with Crippen LogP contribution >= 0.6 is 0 Å². The molecule has 2 fully saturated rings. The monoisotopic (exact) mass is 355 g/mol. The Hall–Kier alpha value is -1.27. The minimum atomic E-state index is -4.30. The van der Waals surface area contributed by atoms with Gasteiger partial charge in [0, 0.05) is 35.8 Å². The second-order valence-corrected chi connectivity index (χ2v) is 8.02. The van der Waals surface area contributed by atoms with Gasteiger partial charge in [-0.25, -0.2) is 0 Å². The molecular weight excluding hydrogens is 327 g/mol. The van der Waals surface area contributed by atoms with Crippen LogP contribution in [-0.2, 0) is 6.18 Å². The summed E-state index contributed by atoms with van der Waals surface area (Å²) in [4.78, 5) is 2.17. The Morgan fingerprint density at radius 3 is 2.36 bits per heavy atom. The number of piperidine rings is 1. The molecule has 1 saturated heterocycles. The van der Waals surface area contributed by atoms with E-state index in [-0.39, 0.29) is 11.5 Å². The highest BCUT2D eigenvalue weighted by Crippen LogP contribution is 2.46. The summed E-state index contributed by atoms with van der Waals surface area (Å²) in [6, 6.07) is 5.44. The molecule has 1 aromatic rings. The minimum Gasteiger partial charge on any atom is -0.371 e. The summed E-state index contributed by atoms with van der Waals surface area (Å²) in [7, 11) is 0. The average molecular weight is 355 g/mol. The maximum Gasteiger partial charge on any atom is 0.416 e. The van der Waals surface area contributed by atoms with E-state index in [0.29, 0.717) is 0 Å². The molecule has 140 valence electrons. The Morgan fingerprint density at radius 1 is 1.08 bits per heavy atom. The fourth-order valence-corrected chi connectivity index (χ4v) is 4.68. The number of nitrogens with zero attached hydrogens (tertiary/aromatic N) is 1. The van der Waals surface area contributed by atoms with Gasteiger partial charge in [0.1, 0.15) is 0 Å². The molecule has 2 unspecified atom stereocenters. The van der Waals surface area contributed by atoms with Gasteiger partial charge in [-0.3, -0.25) is 0 Å². The fourth-order valence-electron chi connectivity index (χ4n) is 4.68. The first-order valence-corrected chi connectivity index (χ1v) is 9.12. The molecule has 0 aromatic heterocycles. The lowest BCUT2D eigenvalue weighted by Gasteiger charge is -2.56. The van der Waals surface area contributed by atoms with Gasteiger partial charge in [-0.2, -0.15) is 13.2 Å². The van der Waals surface area contributed by atoms with Crippen molar-refractivity contribution in [1.29, 1.82) is 0 Å². The Balaban J connectivity index is 1.81. The lowest BCUT2D eigenvalue weighted by Crippen LogP contribution is -2.69. The van der Waals surface area contributed by atoms with E-state index in [0.717, 1.165) is 69.4 Å². The Morgan fingerprint density at radius 2 is 1.76 bits per heavy atom. The van der Waals surface area contributed by atoms with Crippen LogP contribution in [0.3, 0.4) is 0 Å². The topological polar surface area (TPSA) is 55.3 Å². The number of hydrogen-bond donors (Lipinski definition) is 2. The Bertz CT molecular complexity index is 601. The van der Waals surface area contributed by atoms with Crippen LogP contribution in [0.5, 0.6) is 0 Å². The molecule has 1 aromatic carbocycles. The summed E-state index contributed by atoms with van der Waals surface area (Å²) in [6.45, 7) is 3.78. The third kappa shape index (κ3) is 3.38. The fraction of sp³-hybridized carbons (Fsp3) is 0.684. The number of benzene rings is 1. The molecule has 0 bridgehead atoms. The van der Waals surface area contributed by atoms with E-state index in [1.807, 2.05) is 0 Å². The Labute approximate surface area is 147 Å². The standard InChI is InChI=1S/C19H28F3N3/c1-17(18(24)11-3-2-5-16(18)23)10-4-12-25(13-17)15-8-6-14(7-9-15)19(20,21)22/h6-9,16H,2-5,10-13,23-24H2,1H3/t16?,17-,18?/m0/s1. The normalized spacial score (nSPS) is 34.2. The van der Waals surface area contributed by atoms with Crippen molar-refractivity contribution >= 4 is 5.69 Å². The van der Waals surface area contributed by atoms with E-state index in [9.17, 15) is 13.2 Å². The van der Waals surface area contributed by atoms with Gasteiger partial charge in [0.15, 0.2) is 0 Å². The molecule has 3 atom stereocenters. The van der Waals surface area contributed by atoms with Crippen molar-refractivity contribution in [3.8, 4) is 0 Å². The van der Waals surface area contributed by atoms with Crippen molar-refractivity contribution < 1.29 is 13.2 Å². The van der Waals surface area contributed by atoms with Gasteiger partial charge < -0.3 is 16.4 Å². The van der Waals surface area contributed by atoms with E-state index in [1.165, 1.54) is 0 Å². The van der Waals surface area contributed by atoms with Gasteiger partial charge in [-0.15, -0.1) is 0 Å². The second kappa shape index (κ2) is 6.47. The van der Waals surface area contributed by atoms with Gasteiger partial charge in [0.2, 0.25) is 0 Å². The molecule has 1 heterocycles. The van der Waals surface area contributed by atoms with Crippen LogP contribution in [0.15, 0.2) is 24.3 Å². The highest BCUT2D eigenvalue weighted by Gasteiger charge is 2.51. The predicted molar refractivity (Wildman–Crippen MR) is 94.4 cm³/mol. The molecular formula is C19H28F3N3. The first-order chi connectivity index (χ1) is 11.7. The number of hydrogen-bond acceptors (Lipinski definition) is 3. The van der Waals surface area contributed by atoms with E-state index >= 15 is 0 Å². The van der Waals surface area contributed by atoms with Crippen LogP contribution in [-0.4, -0.2) is 24.7 Å². The van der Waals surface area contributed by atoms with Crippen LogP contribution in [0.25, 0.3) is 0 Å². The number of alkyl halides is 3. The first kappa shape index (κ1) is 18.5. The molecule has 25 heavy (non-hydrogen) atoms. The Kier molecular flexibility index (Phi) is 4.79. The van der Waals surface area contributed by atoms with Gasteiger partial charge >= 0.3 is 6.18 Å². The number of halogens is 3. The lowest BCUT2D eigenvalue weighted by molar-refractivity contribution is -0.137. The van der Waals surface area contributed by atoms with Crippen LogP contribution < -0.4 is 16.4 Å². The molecule has 0 spiro atoms. The van der Waals surface area contributed by atoms with Crippen LogP contribution in [0, 0.1) is 5.41 Å². The maximum absolute atomic E-state index is 12.8.